The lowest BCUT2D eigenvalue weighted by atomic mass is 9.92. The van der Waals surface area contributed by atoms with Gasteiger partial charge in [-0.05, 0) is 26.0 Å². The summed E-state index contributed by atoms with van der Waals surface area (Å²) in [6.45, 7) is 8.12. The minimum Gasteiger partial charge on any atom is -0.307 e. The maximum absolute atomic E-state index is 10.4. The summed E-state index contributed by atoms with van der Waals surface area (Å²) in [6.07, 6.45) is 0. The van der Waals surface area contributed by atoms with Gasteiger partial charge in [0.05, 0.1) is 0 Å². The van der Waals surface area contributed by atoms with Gasteiger partial charge in [-0.3, -0.25) is 0 Å². The number of benzene rings is 1. The summed E-state index contributed by atoms with van der Waals surface area (Å²) in [7, 11) is 2.03. The zero-order chi connectivity index (χ0) is 12.8. The summed E-state index contributed by atoms with van der Waals surface area (Å²) >= 11 is 0. The summed E-state index contributed by atoms with van der Waals surface area (Å²) in [5.41, 5.74) is 1.52. The Morgan fingerprint density at radius 1 is 1.06 bits per heavy atom. The van der Waals surface area contributed by atoms with Crippen LogP contribution in [0.4, 0.5) is 0 Å². The smallest absolute Gasteiger partial charge is 0.235 e. The first-order valence-corrected chi connectivity index (χ1v) is 5.95. The number of rotatable bonds is 1. The van der Waals surface area contributed by atoms with Crippen molar-refractivity contribution in [1.82, 2.24) is 5.06 Å². The van der Waals surface area contributed by atoms with Crippen molar-refractivity contribution in [3.63, 3.8) is 0 Å². The molecule has 17 heavy (non-hydrogen) atoms. The van der Waals surface area contributed by atoms with Crippen molar-refractivity contribution in [2.24, 2.45) is 0 Å². The fourth-order valence-electron chi connectivity index (χ4n) is 2.75. The third-order valence-corrected chi connectivity index (χ3v) is 3.83. The third kappa shape index (κ3) is 1.61. The highest BCUT2D eigenvalue weighted by molar-refractivity contribution is 6.04. The quantitative estimate of drug-likeness (QED) is 0.754. The van der Waals surface area contributed by atoms with Crippen molar-refractivity contribution in [3.8, 4) is 0 Å². The Bertz CT molecular complexity index is 460. The highest BCUT2D eigenvalue weighted by atomic mass is 16.5. The summed E-state index contributed by atoms with van der Waals surface area (Å²) in [5.74, 6) is 0. The molecule has 0 amide bonds. The largest absolute Gasteiger partial charge is 0.307 e. The lowest BCUT2D eigenvalue weighted by Crippen LogP contribution is -2.51. The van der Waals surface area contributed by atoms with Gasteiger partial charge in [0.15, 0.2) is 0 Å². The monoisotopic (exact) mass is 233 g/mol. The van der Waals surface area contributed by atoms with E-state index >= 15 is 0 Å². The number of hydrogen-bond donors (Lipinski definition) is 1. The van der Waals surface area contributed by atoms with Crippen LogP contribution in [0.3, 0.4) is 0 Å². The van der Waals surface area contributed by atoms with E-state index in [1.165, 1.54) is 5.06 Å². The van der Waals surface area contributed by atoms with E-state index in [2.05, 4.69) is 16.7 Å². The Hall–Kier alpha value is -1.19. The predicted molar refractivity (Wildman–Crippen MR) is 68.5 cm³/mol. The molecule has 0 bridgehead atoms. The molecule has 3 nitrogen and oxygen atoms in total. The van der Waals surface area contributed by atoms with Crippen molar-refractivity contribution in [1.29, 1.82) is 0 Å². The van der Waals surface area contributed by atoms with Gasteiger partial charge in [-0.25, -0.2) is 4.58 Å². The second-order valence-electron chi connectivity index (χ2n) is 5.64. The Morgan fingerprint density at radius 3 is 2.00 bits per heavy atom. The van der Waals surface area contributed by atoms with Gasteiger partial charge in [0.1, 0.15) is 12.6 Å². The molecule has 1 aromatic rings. The number of nitrogens with zero attached hydrogens (tertiary/aromatic N) is 2. The SMILES string of the molecule is C[N+]1=C(c2ccccc2)C(C)(C)N(O)C1(C)C. The van der Waals surface area contributed by atoms with E-state index in [0.29, 0.717) is 0 Å². The zero-order valence-corrected chi connectivity index (χ0v) is 11.2. The molecule has 1 N–H and O–H groups in total. The van der Waals surface area contributed by atoms with Gasteiger partial charge in [0.2, 0.25) is 11.4 Å². The van der Waals surface area contributed by atoms with Crippen molar-refractivity contribution in [3.05, 3.63) is 35.9 Å². The van der Waals surface area contributed by atoms with E-state index in [4.69, 9.17) is 0 Å². The second kappa shape index (κ2) is 3.65. The topological polar surface area (TPSA) is 26.5 Å². The summed E-state index contributed by atoms with van der Waals surface area (Å²) < 4.78 is 2.14. The molecular formula is C14H21N2O+. The van der Waals surface area contributed by atoms with Crippen molar-refractivity contribution in [2.45, 2.75) is 38.9 Å². The minimum atomic E-state index is -0.394. The van der Waals surface area contributed by atoms with E-state index in [9.17, 15) is 5.21 Å². The Balaban J connectivity index is 2.63. The fourth-order valence-corrected chi connectivity index (χ4v) is 2.75. The molecule has 1 aliphatic heterocycles. The Kier molecular flexibility index (Phi) is 2.64. The van der Waals surface area contributed by atoms with Crippen LogP contribution in [-0.4, -0.2) is 38.8 Å². The average Bonchev–Trinajstić information content (AvgIpc) is 2.39. The van der Waals surface area contributed by atoms with Gasteiger partial charge in [-0.15, -0.1) is 5.06 Å². The van der Waals surface area contributed by atoms with Crippen molar-refractivity contribution in [2.75, 3.05) is 7.05 Å². The number of hydrogen-bond acceptors (Lipinski definition) is 2. The molecule has 0 unspecified atom stereocenters. The Labute approximate surface area is 103 Å². The predicted octanol–water partition coefficient (Wildman–Crippen LogP) is 2.34. The second-order valence-corrected chi connectivity index (χ2v) is 5.64. The van der Waals surface area contributed by atoms with Crippen LogP contribution < -0.4 is 0 Å². The highest BCUT2D eigenvalue weighted by Crippen LogP contribution is 2.34. The molecule has 92 valence electrons. The molecule has 0 saturated heterocycles. The molecule has 0 atom stereocenters. The van der Waals surface area contributed by atoms with Gasteiger partial charge >= 0.3 is 0 Å². The molecule has 0 saturated carbocycles. The molecule has 3 heteroatoms. The van der Waals surface area contributed by atoms with E-state index in [1.807, 2.05) is 52.9 Å². The maximum atomic E-state index is 10.4. The van der Waals surface area contributed by atoms with Gasteiger partial charge in [-0.2, -0.15) is 0 Å². The van der Waals surface area contributed by atoms with E-state index < -0.39 is 5.66 Å². The third-order valence-electron chi connectivity index (χ3n) is 3.83. The summed E-state index contributed by atoms with van der Waals surface area (Å²) in [4.78, 5) is 0. The van der Waals surface area contributed by atoms with Crippen LogP contribution in [-0.2, 0) is 0 Å². The van der Waals surface area contributed by atoms with Gasteiger partial charge in [-0.1, -0.05) is 18.2 Å². The van der Waals surface area contributed by atoms with Crippen molar-refractivity contribution >= 4 is 5.71 Å². The number of hydroxylamine groups is 2. The molecule has 0 fully saturated rings. The average molecular weight is 233 g/mol. The van der Waals surface area contributed by atoms with Crippen LogP contribution in [0, 0.1) is 0 Å². The van der Waals surface area contributed by atoms with Gasteiger partial charge in [0.25, 0.3) is 0 Å². The van der Waals surface area contributed by atoms with Crippen molar-refractivity contribution < 1.29 is 9.78 Å². The van der Waals surface area contributed by atoms with E-state index in [0.717, 1.165) is 11.3 Å². The van der Waals surface area contributed by atoms with E-state index in [1.54, 1.807) is 0 Å². The summed E-state index contributed by atoms with van der Waals surface area (Å²) in [5, 5.41) is 11.8. The van der Waals surface area contributed by atoms with Crippen LogP contribution >= 0.6 is 0 Å². The molecule has 1 aliphatic rings. The Morgan fingerprint density at radius 2 is 1.59 bits per heavy atom. The first-order valence-electron chi connectivity index (χ1n) is 5.95. The normalized spacial score (nSPS) is 23.2. The molecule has 0 spiro atoms. The van der Waals surface area contributed by atoms with Crippen LogP contribution in [0.25, 0.3) is 0 Å². The molecular weight excluding hydrogens is 212 g/mol. The minimum absolute atomic E-state index is 0.389. The lowest BCUT2D eigenvalue weighted by molar-refractivity contribution is -0.610. The highest BCUT2D eigenvalue weighted by Gasteiger charge is 2.57. The molecule has 2 rings (SSSR count). The standard InChI is InChI=1S/C14H21N2O/c1-13(2)12(11-9-7-6-8-10-11)15(5)14(3,4)16(13)17/h6-10,17H,1-5H3/q+1. The molecule has 0 aliphatic carbocycles. The van der Waals surface area contributed by atoms with Crippen LogP contribution in [0.2, 0.25) is 0 Å². The van der Waals surface area contributed by atoms with E-state index in [-0.39, 0.29) is 5.54 Å². The maximum Gasteiger partial charge on any atom is 0.235 e. The van der Waals surface area contributed by atoms with Crippen LogP contribution in [0.15, 0.2) is 30.3 Å². The molecule has 0 radical (unpaired) electrons. The first-order chi connectivity index (χ1) is 7.79. The first kappa shape index (κ1) is 12.3. The molecule has 1 aromatic carbocycles. The summed E-state index contributed by atoms with van der Waals surface area (Å²) in [6, 6.07) is 10.2. The lowest BCUT2D eigenvalue weighted by Gasteiger charge is -2.29. The van der Waals surface area contributed by atoms with Gasteiger partial charge < -0.3 is 5.21 Å². The molecule has 0 aromatic heterocycles. The fraction of sp³-hybridized carbons (Fsp3) is 0.500. The van der Waals surface area contributed by atoms with Crippen LogP contribution in [0.1, 0.15) is 33.3 Å². The van der Waals surface area contributed by atoms with Gasteiger partial charge in [0, 0.05) is 19.4 Å². The molecule has 1 heterocycles. The zero-order valence-electron chi connectivity index (χ0n) is 11.2. The van der Waals surface area contributed by atoms with Crippen LogP contribution in [0.5, 0.6) is 0 Å².